The number of anilines is 2. The molecule has 3 aromatic rings. The summed E-state index contributed by atoms with van der Waals surface area (Å²) < 4.78 is 0. The van der Waals surface area contributed by atoms with Gasteiger partial charge in [-0.2, -0.15) is 0 Å². The second-order valence-electron chi connectivity index (χ2n) is 5.18. The molecular formula is C18H15N5O2. The molecule has 7 nitrogen and oxygen atoms in total. The van der Waals surface area contributed by atoms with Gasteiger partial charge in [-0.1, -0.05) is 30.3 Å². The summed E-state index contributed by atoms with van der Waals surface area (Å²) in [6.07, 6.45) is 3.10. The van der Waals surface area contributed by atoms with Crippen LogP contribution in [0.15, 0.2) is 67.0 Å². The van der Waals surface area contributed by atoms with Crippen molar-refractivity contribution in [3.05, 3.63) is 72.6 Å². The summed E-state index contributed by atoms with van der Waals surface area (Å²) in [5, 5.41) is 5.15. The lowest BCUT2D eigenvalue weighted by molar-refractivity contribution is 0.102. The molecule has 124 valence electrons. The maximum absolute atomic E-state index is 12.2. The fourth-order valence-electron chi connectivity index (χ4n) is 2.18. The summed E-state index contributed by atoms with van der Waals surface area (Å²) in [5.74, 6) is 0.280. The summed E-state index contributed by atoms with van der Waals surface area (Å²) in [6, 6.07) is 15.2. The summed E-state index contributed by atoms with van der Waals surface area (Å²) in [5.41, 5.74) is 7.37. The molecule has 0 aliphatic heterocycles. The second kappa shape index (κ2) is 7.22. The molecule has 0 unspecified atom stereocenters. The van der Waals surface area contributed by atoms with Gasteiger partial charge < -0.3 is 16.4 Å². The molecule has 0 spiro atoms. The first kappa shape index (κ1) is 16.1. The van der Waals surface area contributed by atoms with Crippen molar-refractivity contribution in [2.75, 3.05) is 10.6 Å². The van der Waals surface area contributed by atoms with Crippen LogP contribution in [0.3, 0.4) is 0 Å². The van der Waals surface area contributed by atoms with Crippen LogP contribution in [0, 0.1) is 0 Å². The van der Waals surface area contributed by atoms with Gasteiger partial charge in [0.1, 0.15) is 0 Å². The number of nitrogens with two attached hydrogens (primary N) is 1. The van der Waals surface area contributed by atoms with E-state index >= 15 is 0 Å². The fourth-order valence-corrected chi connectivity index (χ4v) is 2.18. The van der Waals surface area contributed by atoms with Crippen LogP contribution in [-0.4, -0.2) is 21.9 Å². The molecule has 4 N–H and O–H groups in total. The van der Waals surface area contributed by atoms with E-state index in [9.17, 15) is 9.59 Å². The van der Waals surface area contributed by atoms with Crippen LogP contribution in [0.4, 0.5) is 16.2 Å². The minimum absolute atomic E-state index is 0.304. The van der Waals surface area contributed by atoms with Crippen molar-refractivity contribution in [3.63, 3.8) is 0 Å². The predicted molar refractivity (Wildman–Crippen MR) is 95.1 cm³/mol. The molecule has 0 aliphatic carbocycles. The van der Waals surface area contributed by atoms with Crippen LogP contribution in [0.25, 0.3) is 11.4 Å². The number of carbonyl (C=O) groups excluding carboxylic acids is 2. The Morgan fingerprint density at radius 2 is 1.44 bits per heavy atom. The summed E-state index contributed by atoms with van der Waals surface area (Å²) in [6.45, 7) is 0. The number of primary amides is 1. The predicted octanol–water partition coefficient (Wildman–Crippen LogP) is 2.89. The van der Waals surface area contributed by atoms with E-state index in [1.165, 1.54) is 0 Å². The number of hydrogen-bond acceptors (Lipinski definition) is 4. The fraction of sp³-hybridized carbons (Fsp3) is 0. The molecular weight excluding hydrogens is 318 g/mol. The SMILES string of the molecule is NC(=O)Nc1ccc(C(=O)Nc2cnc(-c3ccccc3)nc2)cc1. The number of amides is 3. The zero-order chi connectivity index (χ0) is 17.6. The van der Waals surface area contributed by atoms with Gasteiger partial charge in [-0.3, -0.25) is 4.79 Å². The van der Waals surface area contributed by atoms with Gasteiger partial charge in [0.2, 0.25) is 0 Å². The lowest BCUT2D eigenvalue weighted by Gasteiger charge is -2.07. The molecule has 7 heteroatoms. The molecule has 0 bridgehead atoms. The Bertz CT molecular complexity index is 878. The van der Waals surface area contributed by atoms with Crippen molar-refractivity contribution in [2.24, 2.45) is 5.73 Å². The monoisotopic (exact) mass is 333 g/mol. The zero-order valence-corrected chi connectivity index (χ0v) is 13.1. The Morgan fingerprint density at radius 1 is 0.800 bits per heavy atom. The number of nitrogens with zero attached hydrogens (tertiary/aromatic N) is 2. The molecule has 0 saturated carbocycles. The van der Waals surface area contributed by atoms with E-state index in [1.54, 1.807) is 36.7 Å². The summed E-state index contributed by atoms with van der Waals surface area (Å²) in [4.78, 5) is 31.5. The quantitative estimate of drug-likeness (QED) is 0.682. The smallest absolute Gasteiger partial charge is 0.316 e. The van der Waals surface area contributed by atoms with Gasteiger partial charge in [0.15, 0.2) is 5.82 Å². The lowest BCUT2D eigenvalue weighted by Crippen LogP contribution is -2.19. The maximum Gasteiger partial charge on any atom is 0.316 e. The Balaban J connectivity index is 1.67. The minimum Gasteiger partial charge on any atom is -0.351 e. The first-order chi connectivity index (χ1) is 12.1. The molecule has 3 amide bonds. The standard InChI is InChI=1S/C18H15N5O2/c19-18(25)23-14-8-6-13(7-9-14)17(24)22-15-10-20-16(21-11-15)12-4-2-1-3-5-12/h1-11H,(H,22,24)(H3,19,23,25). The number of hydrogen-bond donors (Lipinski definition) is 3. The van der Waals surface area contributed by atoms with Crippen LogP contribution in [0.5, 0.6) is 0 Å². The van der Waals surface area contributed by atoms with Crippen molar-refractivity contribution < 1.29 is 9.59 Å². The molecule has 3 rings (SSSR count). The zero-order valence-electron chi connectivity index (χ0n) is 13.1. The van der Waals surface area contributed by atoms with Crippen LogP contribution < -0.4 is 16.4 Å². The van der Waals surface area contributed by atoms with Crippen molar-refractivity contribution in [1.82, 2.24) is 9.97 Å². The van der Waals surface area contributed by atoms with E-state index in [-0.39, 0.29) is 5.91 Å². The molecule has 1 heterocycles. The highest BCUT2D eigenvalue weighted by Crippen LogP contribution is 2.16. The molecule has 0 aliphatic rings. The lowest BCUT2D eigenvalue weighted by atomic mass is 10.2. The third-order valence-electron chi connectivity index (χ3n) is 3.36. The van der Waals surface area contributed by atoms with Gasteiger partial charge >= 0.3 is 6.03 Å². The van der Waals surface area contributed by atoms with Crippen LogP contribution >= 0.6 is 0 Å². The van der Waals surface area contributed by atoms with E-state index in [4.69, 9.17) is 5.73 Å². The third-order valence-corrected chi connectivity index (χ3v) is 3.36. The number of nitrogens with one attached hydrogen (secondary N) is 2. The first-order valence-corrected chi connectivity index (χ1v) is 7.47. The van der Waals surface area contributed by atoms with Crippen molar-refractivity contribution in [2.45, 2.75) is 0 Å². The van der Waals surface area contributed by atoms with Crippen molar-refractivity contribution in [1.29, 1.82) is 0 Å². The Morgan fingerprint density at radius 3 is 2.04 bits per heavy atom. The molecule has 1 aromatic heterocycles. The van der Waals surface area contributed by atoms with Crippen molar-refractivity contribution in [3.8, 4) is 11.4 Å². The van der Waals surface area contributed by atoms with E-state index in [0.717, 1.165) is 5.56 Å². The van der Waals surface area contributed by atoms with Gasteiger partial charge in [0.05, 0.1) is 18.1 Å². The molecule has 0 saturated heterocycles. The van der Waals surface area contributed by atoms with Crippen LogP contribution in [0.1, 0.15) is 10.4 Å². The Kier molecular flexibility index (Phi) is 4.66. The van der Waals surface area contributed by atoms with E-state index < -0.39 is 6.03 Å². The normalized spacial score (nSPS) is 10.1. The van der Waals surface area contributed by atoms with E-state index in [1.807, 2.05) is 30.3 Å². The average Bonchev–Trinajstić information content (AvgIpc) is 2.63. The van der Waals surface area contributed by atoms with Crippen LogP contribution in [0.2, 0.25) is 0 Å². The second-order valence-corrected chi connectivity index (χ2v) is 5.18. The minimum atomic E-state index is -0.659. The highest BCUT2D eigenvalue weighted by atomic mass is 16.2. The van der Waals surface area contributed by atoms with Gasteiger partial charge in [-0.25, -0.2) is 14.8 Å². The van der Waals surface area contributed by atoms with Gasteiger partial charge in [-0.05, 0) is 24.3 Å². The summed E-state index contributed by atoms with van der Waals surface area (Å²) in [7, 11) is 0. The van der Waals surface area contributed by atoms with E-state index in [0.29, 0.717) is 22.8 Å². The molecule has 2 aromatic carbocycles. The van der Waals surface area contributed by atoms with Gasteiger partial charge in [-0.15, -0.1) is 0 Å². The van der Waals surface area contributed by atoms with Crippen LogP contribution in [-0.2, 0) is 0 Å². The molecule has 0 radical (unpaired) electrons. The topological polar surface area (TPSA) is 110 Å². The highest BCUT2D eigenvalue weighted by molar-refractivity contribution is 6.04. The molecule has 0 fully saturated rings. The maximum atomic E-state index is 12.2. The molecule has 25 heavy (non-hydrogen) atoms. The number of benzene rings is 2. The number of aromatic nitrogens is 2. The molecule has 0 atom stereocenters. The highest BCUT2D eigenvalue weighted by Gasteiger charge is 2.08. The van der Waals surface area contributed by atoms with Crippen molar-refractivity contribution >= 4 is 23.3 Å². The van der Waals surface area contributed by atoms with Gasteiger partial charge in [0, 0.05) is 16.8 Å². The Labute approximate surface area is 143 Å². The first-order valence-electron chi connectivity index (χ1n) is 7.47. The number of rotatable bonds is 4. The Hall–Kier alpha value is -3.74. The van der Waals surface area contributed by atoms with Gasteiger partial charge in [0.25, 0.3) is 5.91 Å². The largest absolute Gasteiger partial charge is 0.351 e. The van der Waals surface area contributed by atoms with E-state index in [2.05, 4.69) is 20.6 Å². The average molecular weight is 333 g/mol. The number of urea groups is 1. The number of carbonyl (C=O) groups is 2. The third kappa shape index (κ3) is 4.17. The summed E-state index contributed by atoms with van der Waals surface area (Å²) >= 11 is 0.